The fourth-order valence-electron chi connectivity index (χ4n) is 3.48. The number of aromatic nitrogens is 5. The van der Waals surface area contributed by atoms with Crippen molar-refractivity contribution in [3.05, 3.63) is 71.2 Å². The molecule has 0 fully saturated rings. The first-order valence-corrected chi connectivity index (χ1v) is 11.6. The highest BCUT2D eigenvalue weighted by Gasteiger charge is 2.23. The minimum absolute atomic E-state index is 0.0266. The minimum atomic E-state index is -3.76. The molecule has 0 bridgehead atoms. The van der Waals surface area contributed by atoms with E-state index in [0.717, 1.165) is 6.07 Å². The van der Waals surface area contributed by atoms with Crippen LogP contribution in [0.15, 0.2) is 64.9 Å². The van der Waals surface area contributed by atoms with E-state index in [2.05, 4.69) is 25.4 Å². The van der Waals surface area contributed by atoms with Gasteiger partial charge in [-0.25, -0.2) is 23.1 Å². The number of rotatable bonds is 7. The molecule has 0 unspecified atom stereocenters. The Kier molecular flexibility index (Phi) is 6.03. The Hall–Kier alpha value is -3.90. The number of amides is 1. The average Bonchev–Trinajstić information content (AvgIpc) is 3.34. The number of pyridine rings is 2. The third-order valence-electron chi connectivity index (χ3n) is 5.07. The molecule has 2 N–H and O–H groups in total. The molecular weight excluding hydrogens is 446 g/mol. The second-order valence-corrected chi connectivity index (χ2v) is 8.95. The lowest BCUT2D eigenvalue weighted by molar-refractivity contribution is 0.102. The van der Waals surface area contributed by atoms with Crippen LogP contribution in [0.1, 0.15) is 24.2 Å². The van der Waals surface area contributed by atoms with Gasteiger partial charge >= 0.3 is 0 Å². The molecule has 4 aromatic rings. The van der Waals surface area contributed by atoms with Gasteiger partial charge in [-0.2, -0.15) is 9.40 Å². The molecule has 3 aromatic heterocycles. The first-order chi connectivity index (χ1) is 15.8. The van der Waals surface area contributed by atoms with Crippen molar-refractivity contribution >= 4 is 32.5 Å². The van der Waals surface area contributed by atoms with Crippen LogP contribution >= 0.6 is 0 Å². The standard InChI is InChI=1S/C21H21N7O4S/c1-3-27(4-2)33(31,32)14-7-8-17-15(10-14)16(11-19(29)25-17)21(30)26-18-6-5-9-23-20(18)28-13-22-12-24-28/h5-13H,3-4H2,1-2H3,(H,25,29)(H,26,30). The Morgan fingerprint density at radius 1 is 1.18 bits per heavy atom. The smallest absolute Gasteiger partial charge is 0.256 e. The Morgan fingerprint density at radius 2 is 1.97 bits per heavy atom. The Morgan fingerprint density at radius 3 is 2.67 bits per heavy atom. The largest absolute Gasteiger partial charge is 0.322 e. The van der Waals surface area contributed by atoms with Gasteiger partial charge in [0, 0.05) is 36.3 Å². The average molecular weight is 468 g/mol. The predicted octanol–water partition coefficient (Wildman–Crippen LogP) is 1.79. The first-order valence-electron chi connectivity index (χ1n) is 10.1. The summed E-state index contributed by atoms with van der Waals surface area (Å²) in [5.74, 6) is -0.264. The molecule has 0 aliphatic carbocycles. The lowest BCUT2D eigenvalue weighted by Gasteiger charge is -2.19. The molecule has 0 saturated heterocycles. The van der Waals surface area contributed by atoms with Crippen molar-refractivity contribution in [2.24, 2.45) is 0 Å². The summed E-state index contributed by atoms with van der Waals surface area (Å²) in [4.78, 5) is 36.2. The van der Waals surface area contributed by atoms with Gasteiger partial charge < -0.3 is 10.3 Å². The number of anilines is 1. The van der Waals surface area contributed by atoms with E-state index in [0.29, 0.717) is 35.5 Å². The summed E-state index contributed by atoms with van der Waals surface area (Å²) in [5, 5.41) is 7.06. The lowest BCUT2D eigenvalue weighted by Crippen LogP contribution is -2.30. The fourth-order valence-corrected chi connectivity index (χ4v) is 4.96. The van der Waals surface area contributed by atoms with Crippen molar-refractivity contribution in [3.8, 4) is 5.82 Å². The van der Waals surface area contributed by atoms with E-state index in [-0.39, 0.29) is 10.5 Å². The van der Waals surface area contributed by atoms with Gasteiger partial charge in [-0.1, -0.05) is 13.8 Å². The summed E-state index contributed by atoms with van der Waals surface area (Å²) in [6.07, 6.45) is 4.31. The van der Waals surface area contributed by atoms with Gasteiger partial charge in [-0.15, -0.1) is 0 Å². The number of nitrogens with one attached hydrogen (secondary N) is 2. The van der Waals surface area contributed by atoms with Gasteiger partial charge in [-0.3, -0.25) is 9.59 Å². The van der Waals surface area contributed by atoms with Crippen molar-refractivity contribution in [2.75, 3.05) is 18.4 Å². The van der Waals surface area contributed by atoms with E-state index in [1.165, 1.54) is 39.8 Å². The van der Waals surface area contributed by atoms with Crippen molar-refractivity contribution in [1.29, 1.82) is 0 Å². The molecule has 170 valence electrons. The summed E-state index contributed by atoms with van der Waals surface area (Å²) in [7, 11) is -3.76. The maximum atomic E-state index is 13.2. The number of sulfonamides is 1. The molecule has 0 atom stereocenters. The number of aromatic amines is 1. The van der Waals surface area contributed by atoms with Crippen LogP contribution in [0.2, 0.25) is 0 Å². The molecule has 0 radical (unpaired) electrons. The Labute approximate surface area is 189 Å². The van der Waals surface area contributed by atoms with Crippen LogP contribution in [0, 0.1) is 0 Å². The highest BCUT2D eigenvalue weighted by atomic mass is 32.2. The normalized spacial score (nSPS) is 11.7. The van der Waals surface area contributed by atoms with Gasteiger partial charge in [-0.05, 0) is 30.3 Å². The van der Waals surface area contributed by atoms with Gasteiger partial charge in [0.25, 0.3) is 5.91 Å². The molecule has 0 aliphatic rings. The van der Waals surface area contributed by atoms with E-state index >= 15 is 0 Å². The van der Waals surface area contributed by atoms with Crippen LogP contribution in [-0.2, 0) is 10.0 Å². The van der Waals surface area contributed by atoms with Gasteiger partial charge in [0.15, 0.2) is 5.82 Å². The molecule has 11 nitrogen and oxygen atoms in total. The lowest BCUT2D eigenvalue weighted by atomic mass is 10.1. The zero-order chi connectivity index (χ0) is 23.6. The first kappa shape index (κ1) is 22.3. The molecule has 33 heavy (non-hydrogen) atoms. The van der Waals surface area contributed by atoms with Crippen LogP contribution < -0.4 is 10.9 Å². The Balaban J connectivity index is 1.80. The summed E-state index contributed by atoms with van der Waals surface area (Å²) in [5.41, 5.74) is 0.218. The number of fused-ring (bicyclic) bond motifs is 1. The summed E-state index contributed by atoms with van der Waals surface area (Å²) in [6, 6.07) is 8.70. The van der Waals surface area contributed by atoms with Crippen LogP contribution in [0.4, 0.5) is 5.69 Å². The van der Waals surface area contributed by atoms with Crippen molar-refractivity contribution < 1.29 is 13.2 Å². The van der Waals surface area contributed by atoms with Crippen LogP contribution in [0.3, 0.4) is 0 Å². The molecule has 4 rings (SSSR count). The third-order valence-corrected chi connectivity index (χ3v) is 7.12. The second-order valence-electron chi connectivity index (χ2n) is 7.01. The highest BCUT2D eigenvalue weighted by molar-refractivity contribution is 7.89. The number of H-pyrrole nitrogens is 1. The number of carbonyl (C=O) groups is 1. The second kappa shape index (κ2) is 8.92. The van der Waals surface area contributed by atoms with Crippen molar-refractivity contribution in [2.45, 2.75) is 18.7 Å². The van der Waals surface area contributed by atoms with E-state index < -0.39 is 21.5 Å². The molecule has 0 spiro atoms. The van der Waals surface area contributed by atoms with E-state index in [4.69, 9.17) is 0 Å². The molecule has 12 heteroatoms. The summed E-state index contributed by atoms with van der Waals surface area (Å²) >= 11 is 0. The van der Waals surface area contributed by atoms with Crippen LogP contribution in [0.5, 0.6) is 0 Å². The zero-order valence-corrected chi connectivity index (χ0v) is 18.7. The van der Waals surface area contributed by atoms with Crippen molar-refractivity contribution in [1.82, 2.24) is 29.0 Å². The minimum Gasteiger partial charge on any atom is -0.322 e. The number of hydrogen-bond donors (Lipinski definition) is 2. The summed E-state index contributed by atoms with van der Waals surface area (Å²) in [6.45, 7) is 4.11. The Bertz CT molecular complexity index is 1480. The molecule has 1 amide bonds. The van der Waals surface area contributed by atoms with Gasteiger partial charge in [0.2, 0.25) is 15.6 Å². The highest BCUT2D eigenvalue weighted by Crippen LogP contribution is 2.24. The summed E-state index contributed by atoms with van der Waals surface area (Å²) < 4.78 is 28.7. The topological polar surface area (TPSA) is 143 Å². The fraction of sp³-hybridized carbons (Fsp3) is 0.190. The molecule has 0 saturated carbocycles. The monoisotopic (exact) mass is 467 g/mol. The van der Waals surface area contributed by atoms with Gasteiger partial charge in [0.05, 0.1) is 16.1 Å². The van der Waals surface area contributed by atoms with Crippen LogP contribution in [0.25, 0.3) is 16.7 Å². The maximum absolute atomic E-state index is 13.2. The predicted molar refractivity (Wildman–Crippen MR) is 122 cm³/mol. The molecule has 1 aromatic carbocycles. The third kappa shape index (κ3) is 4.25. The van der Waals surface area contributed by atoms with E-state index in [9.17, 15) is 18.0 Å². The van der Waals surface area contributed by atoms with Crippen molar-refractivity contribution in [3.63, 3.8) is 0 Å². The SMILES string of the molecule is CCN(CC)S(=O)(=O)c1ccc2[nH]c(=O)cc(C(=O)Nc3cccnc3-n3cncn3)c2c1. The van der Waals surface area contributed by atoms with Gasteiger partial charge in [0.1, 0.15) is 12.7 Å². The molecule has 3 heterocycles. The number of carbonyl (C=O) groups excluding carboxylic acids is 1. The number of benzene rings is 1. The zero-order valence-electron chi connectivity index (χ0n) is 17.9. The van der Waals surface area contributed by atoms with E-state index in [1.54, 1.807) is 32.2 Å². The number of nitrogens with zero attached hydrogens (tertiary/aromatic N) is 5. The quantitative estimate of drug-likeness (QED) is 0.422. The van der Waals surface area contributed by atoms with Crippen LogP contribution in [-0.4, -0.2) is 56.5 Å². The number of hydrogen-bond acceptors (Lipinski definition) is 7. The molecular formula is C21H21N7O4S. The maximum Gasteiger partial charge on any atom is 0.256 e. The molecule has 0 aliphatic heterocycles. The van der Waals surface area contributed by atoms with E-state index in [1.807, 2.05) is 0 Å².